The molecule has 0 aliphatic carbocycles. The second-order valence-corrected chi connectivity index (χ2v) is 8.95. The molecule has 2 aromatic heterocycles. The molecule has 0 amide bonds. The smallest absolute Gasteiger partial charge is 0.263 e. The Morgan fingerprint density at radius 1 is 1.17 bits per heavy atom. The van der Waals surface area contributed by atoms with Gasteiger partial charge in [0, 0.05) is 23.1 Å². The summed E-state index contributed by atoms with van der Waals surface area (Å²) in [5.74, 6) is 0.0104. The predicted octanol–water partition coefficient (Wildman–Crippen LogP) is 5.67. The van der Waals surface area contributed by atoms with E-state index in [1.165, 1.54) is 23.1 Å². The van der Waals surface area contributed by atoms with Crippen LogP contribution in [0.4, 0.5) is 0 Å². The third-order valence-electron chi connectivity index (χ3n) is 4.76. The molecular weight excluding hydrogens is 412 g/mol. The first-order chi connectivity index (χ1) is 14.6. The lowest BCUT2D eigenvalue weighted by atomic mass is 10.1. The summed E-state index contributed by atoms with van der Waals surface area (Å²) in [5, 5.41) is 2.74. The van der Waals surface area contributed by atoms with Crippen molar-refractivity contribution >= 4 is 39.1 Å². The van der Waals surface area contributed by atoms with Crippen molar-refractivity contribution in [1.29, 1.82) is 0 Å². The Kier molecular flexibility index (Phi) is 5.97. The molecule has 0 fully saturated rings. The van der Waals surface area contributed by atoms with Gasteiger partial charge in [0.25, 0.3) is 5.56 Å². The van der Waals surface area contributed by atoms with Gasteiger partial charge in [-0.15, -0.1) is 17.9 Å². The van der Waals surface area contributed by atoms with E-state index in [4.69, 9.17) is 4.98 Å². The molecule has 0 saturated heterocycles. The second-order valence-electron chi connectivity index (χ2n) is 6.78. The minimum atomic E-state index is -0.374. The van der Waals surface area contributed by atoms with Crippen molar-refractivity contribution in [2.24, 2.45) is 0 Å². The third kappa shape index (κ3) is 3.88. The van der Waals surface area contributed by atoms with Gasteiger partial charge < -0.3 is 0 Å². The van der Waals surface area contributed by atoms with Crippen molar-refractivity contribution < 1.29 is 4.79 Å². The molecule has 150 valence electrons. The average Bonchev–Trinajstić information content (AvgIpc) is 3.21. The minimum Gasteiger partial charge on any atom is -0.293 e. The minimum absolute atomic E-state index is 0.0104. The number of ketones is 1. The Morgan fingerprint density at radius 2 is 1.83 bits per heavy atom. The molecule has 2 aromatic carbocycles. The van der Waals surface area contributed by atoms with Crippen LogP contribution in [-0.4, -0.2) is 20.6 Å². The van der Waals surface area contributed by atoms with E-state index in [9.17, 15) is 9.59 Å². The van der Waals surface area contributed by atoms with E-state index in [-0.39, 0.29) is 16.6 Å². The van der Waals surface area contributed by atoms with Crippen molar-refractivity contribution in [2.75, 3.05) is 0 Å². The van der Waals surface area contributed by atoms with Gasteiger partial charge in [0.1, 0.15) is 4.83 Å². The number of thiophene rings is 1. The molecule has 6 heteroatoms. The van der Waals surface area contributed by atoms with Gasteiger partial charge in [-0.25, -0.2) is 4.98 Å². The van der Waals surface area contributed by atoms with Gasteiger partial charge in [0.2, 0.25) is 0 Å². The first kappa shape index (κ1) is 20.3. The number of carbonyl (C=O) groups excluding carboxylic acids is 1. The van der Waals surface area contributed by atoms with Crippen LogP contribution < -0.4 is 5.56 Å². The van der Waals surface area contributed by atoms with E-state index in [1.807, 2.05) is 60.8 Å². The van der Waals surface area contributed by atoms with Gasteiger partial charge in [-0.3, -0.25) is 14.2 Å². The lowest BCUT2D eigenvalue weighted by molar-refractivity contribution is 0.0994. The maximum absolute atomic E-state index is 13.4. The average molecular weight is 433 g/mol. The normalized spacial score (nSPS) is 12.0. The maximum Gasteiger partial charge on any atom is 0.263 e. The molecule has 1 unspecified atom stereocenters. The summed E-state index contributed by atoms with van der Waals surface area (Å²) >= 11 is 2.76. The van der Waals surface area contributed by atoms with Crippen LogP contribution in [0.2, 0.25) is 0 Å². The first-order valence-corrected chi connectivity index (χ1v) is 11.3. The Labute approximate surface area is 182 Å². The topological polar surface area (TPSA) is 52.0 Å². The quantitative estimate of drug-likeness (QED) is 0.163. The molecule has 0 saturated carbocycles. The molecule has 1 atom stereocenters. The molecule has 0 radical (unpaired) electrons. The standard InChI is InChI=1S/C24H20N2O2S2/c1-3-14-26-23(28)20-19(17-10-6-4-7-11-17)15-29-22(20)25-24(26)30-16(2)21(27)18-12-8-5-9-13-18/h3-13,15-16H,1,14H2,2H3. The van der Waals surface area contributed by atoms with Crippen LogP contribution in [0, 0.1) is 0 Å². The zero-order valence-corrected chi connectivity index (χ0v) is 18.1. The number of fused-ring (bicyclic) bond motifs is 1. The van der Waals surface area contributed by atoms with Crippen molar-refractivity contribution in [2.45, 2.75) is 23.9 Å². The number of hydrogen-bond acceptors (Lipinski definition) is 5. The highest BCUT2D eigenvalue weighted by molar-refractivity contribution is 8.00. The molecule has 0 spiro atoms. The summed E-state index contributed by atoms with van der Waals surface area (Å²) in [5.41, 5.74) is 2.41. The molecule has 4 nitrogen and oxygen atoms in total. The van der Waals surface area contributed by atoms with E-state index < -0.39 is 0 Å². The molecule has 2 heterocycles. The Bertz CT molecular complexity index is 1260. The molecule has 0 N–H and O–H groups in total. The first-order valence-electron chi connectivity index (χ1n) is 9.54. The van der Waals surface area contributed by atoms with Crippen molar-refractivity contribution in [3.05, 3.63) is 94.6 Å². The van der Waals surface area contributed by atoms with Gasteiger partial charge in [-0.05, 0) is 12.5 Å². The molecule has 0 aliphatic heterocycles. The molecule has 0 bridgehead atoms. The molecule has 4 rings (SSSR count). The largest absolute Gasteiger partial charge is 0.293 e. The summed E-state index contributed by atoms with van der Waals surface area (Å²) in [6.07, 6.45) is 1.68. The molecule has 4 aromatic rings. The summed E-state index contributed by atoms with van der Waals surface area (Å²) in [7, 11) is 0. The van der Waals surface area contributed by atoms with Crippen molar-refractivity contribution in [3.63, 3.8) is 0 Å². The van der Waals surface area contributed by atoms with E-state index >= 15 is 0 Å². The van der Waals surface area contributed by atoms with Crippen molar-refractivity contribution in [1.82, 2.24) is 9.55 Å². The van der Waals surface area contributed by atoms with E-state index in [1.54, 1.807) is 22.8 Å². The van der Waals surface area contributed by atoms with Crippen LogP contribution >= 0.6 is 23.1 Å². The van der Waals surface area contributed by atoms with E-state index in [0.29, 0.717) is 27.5 Å². The van der Waals surface area contributed by atoms with Gasteiger partial charge in [0.05, 0.1) is 10.6 Å². The molecule has 30 heavy (non-hydrogen) atoms. The van der Waals surface area contributed by atoms with Gasteiger partial charge in [0.15, 0.2) is 10.9 Å². The van der Waals surface area contributed by atoms with Crippen LogP contribution in [0.15, 0.2) is 88.6 Å². The fourth-order valence-corrected chi connectivity index (χ4v) is 5.25. The monoisotopic (exact) mass is 432 g/mol. The lowest BCUT2D eigenvalue weighted by Crippen LogP contribution is -2.24. The van der Waals surface area contributed by atoms with E-state index in [0.717, 1.165) is 11.1 Å². The third-order valence-corrected chi connectivity index (χ3v) is 6.73. The highest BCUT2D eigenvalue weighted by atomic mass is 32.2. The SMILES string of the molecule is C=CCn1c(SC(C)C(=O)c2ccccc2)nc2scc(-c3ccccc3)c2c1=O. The summed E-state index contributed by atoms with van der Waals surface area (Å²) < 4.78 is 1.61. The zero-order valence-electron chi connectivity index (χ0n) is 16.4. The van der Waals surface area contributed by atoms with E-state index in [2.05, 4.69) is 6.58 Å². The number of rotatable bonds is 7. The van der Waals surface area contributed by atoms with Crippen molar-refractivity contribution in [3.8, 4) is 11.1 Å². The number of thioether (sulfide) groups is 1. The lowest BCUT2D eigenvalue weighted by Gasteiger charge is -2.14. The Hall–Kier alpha value is -2.96. The number of benzene rings is 2. The van der Waals surface area contributed by atoms with Crippen LogP contribution in [-0.2, 0) is 6.54 Å². The highest BCUT2D eigenvalue weighted by Crippen LogP contribution is 2.33. The number of aromatic nitrogens is 2. The summed E-state index contributed by atoms with van der Waals surface area (Å²) in [6.45, 7) is 5.97. The highest BCUT2D eigenvalue weighted by Gasteiger charge is 2.22. The fourth-order valence-electron chi connectivity index (χ4n) is 3.26. The van der Waals surface area contributed by atoms with Crippen LogP contribution in [0.3, 0.4) is 0 Å². The zero-order chi connectivity index (χ0) is 21.1. The predicted molar refractivity (Wildman–Crippen MR) is 126 cm³/mol. The number of Topliss-reactive ketones (excluding diaryl/α,β-unsaturated/α-hetero) is 1. The molecular formula is C24H20N2O2S2. The van der Waals surface area contributed by atoms with Crippen LogP contribution in [0.5, 0.6) is 0 Å². The second kappa shape index (κ2) is 8.81. The van der Waals surface area contributed by atoms with Gasteiger partial charge in [-0.1, -0.05) is 78.5 Å². The van der Waals surface area contributed by atoms with Gasteiger partial charge >= 0.3 is 0 Å². The number of hydrogen-bond donors (Lipinski definition) is 0. The van der Waals surface area contributed by atoms with Gasteiger partial charge in [-0.2, -0.15) is 0 Å². The van der Waals surface area contributed by atoms with Crippen LogP contribution in [0.25, 0.3) is 21.3 Å². The number of nitrogens with zero attached hydrogens (tertiary/aromatic N) is 2. The maximum atomic E-state index is 13.4. The summed E-state index contributed by atoms with van der Waals surface area (Å²) in [6, 6.07) is 19.0. The fraction of sp³-hybridized carbons (Fsp3) is 0.125. The Morgan fingerprint density at radius 3 is 2.50 bits per heavy atom. The Balaban J connectivity index is 1.77. The molecule has 0 aliphatic rings. The number of carbonyl (C=O) groups is 1. The summed E-state index contributed by atoms with van der Waals surface area (Å²) in [4.78, 5) is 31.6. The number of allylic oxidation sites excluding steroid dienone is 1. The van der Waals surface area contributed by atoms with Crippen LogP contribution in [0.1, 0.15) is 17.3 Å².